The Morgan fingerprint density at radius 3 is 2.78 bits per heavy atom. The summed E-state index contributed by atoms with van der Waals surface area (Å²) >= 11 is 1.87. The fraction of sp³-hybridized carbons (Fsp3) is 0.588. The lowest BCUT2D eigenvalue weighted by molar-refractivity contribution is 0.267. The lowest BCUT2D eigenvalue weighted by Gasteiger charge is -2.23. The summed E-state index contributed by atoms with van der Waals surface area (Å²) < 4.78 is 0. The van der Waals surface area contributed by atoms with Crippen molar-refractivity contribution in [2.45, 2.75) is 30.7 Å². The van der Waals surface area contributed by atoms with E-state index in [4.69, 9.17) is 0 Å². The summed E-state index contributed by atoms with van der Waals surface area (Å²) in [5.41, 5.74) is 0. The second-order valence-corrected chi connectivity index (χ2v) is 6.63. The molecule has 0 aromatic heterocycles. The van der Waals surface area contributed by atoms with Crippen LogP contribution in [0.2, 0.25) is 0 Å². The Morgan fingerprint density at radius 1 is 1.30 bits per heavy atom. The SMILES string of the molecule is CCN1CCCC1CNC(=NC)NCCSc1ccccc1.I. The zero-order valence-electron chi connectivity index (χ0n) is 14.1. The molecular formula is C17H29IN4S. The van der Waals surface area contributed by atoms with Crippen molar-refractivity contribution in [2.75, 3.05) is 39.0 Å². The molecular weight excluding hydrogens is 419 g/mol. The highest BCUT2D eigenvalue weighted by Crippen LogP contribution is 2.16. The number of likely N-dealkylation sites (tertiary alicyclic amines) is 1. The molecule has 0 radical (unpaired) electrons. The number of guanidine groups is 1. The van der Waals surface area contributed by atoms with Crippen LogP contribution in [0.5, 0.6) is 0 Å². The van der Waals surface area contributed by atoms with Gasteiger partial charge >= 0.3 is 0 Å². The van der Waals surface area contributed by atoms with E-state index >= 15 is 0 Å². The first kappa shape index (κ1) is 20.6. The van der Waals surface area contributed by atoms with E-state index in [0.717, 1.165) is 31.3 Å². The van der Waals surface area contributed by atoms with Crippen LogP contribution in [0.1, 0.15) is 19.8 Å². The Balaban J connectivity index is 0.00000264. The molecule has 0 bridgehead atoms. The average Bonchev–Trinajstić information content (AvgIpc) is 3.02. The van der Waals surface area contributed by atoms with Crippen LogP contribution in [0.15, 0.2) is 40.2 Å². The molecule has 1 heterocycles. The maximum atomic E-state index is 4.31. The van der Waals surface area contributed by atoms with Crippen molar-refractivity contribution < 1.29 is 0 Å². The van der Waals surface area contributed by atoms with E-state index < -0.39 is 0 Å². The van der Waals surface area contributed by atoms with Crippen molar-refractivity contribution in [1.29, 1.82) is 0 Å². The normalized spacial score (nSPS) is 18.5. The molecule has 1 atom stereocenters. The minimum absolute atomic E-state index is 0. The van der Waals surface area contributed by atoms with Crippen LogP contribution in [0, 0.1) is 0 Å². The van der Waals surface area contributed by atoms with E-state index in [0.29, 0.717) is 6.04 Å². The van der Waals surface area contributed by atoms with Gasteiger partial charge in [-0.1, -0.05) is 25.1 Å². The van der Waals surface area contributed by atoms with Crippen molar-refractivity contribution >= 4 is 41.7 Å². The van der Waals surface area contributed by atoms with E-state index in [2.05, 4.69) is 57.8 Å². The number of aliphatic imine (C=N–C) groups is 1. The molecule has 1 fully saturated rings. The van der Waals surface area contributed by atoms with Gasteiger partial charge in [-0.2, -0.15) is 0 Å². The number of rotatable bonds is 7. The number of nitrogens with zero attached hydrogens (tertiary/aromatic N) is 2. The van der Waals surface area contributed by atoms with E-state index in [-0.39, 0.29) is 24.0 Å². The number of hydrogen-bond donors (Lipinski definition) is 2. The maximum Gasteiger partial charge on any atom is 0.191 e. The van der Waals surface area contributed by atoms with Crippen LogP contribution in [-0.2, 0) is 0 Å². The lowest BCUT2D eigenvalue weighted by Crippen LogP contribution is -2.45. The molecule has 1 aliphatic heterocycles. The van der Waals surface area contributed by atoms with Crippen molar-refractivity contribution in [3.8, 4) is 0 Å². The second-order valence-electron chi connectivity index (χ2n) is 5.47. The highest BCUT2D eigenvalue weighted by atomic mass is 127. The molecule has 0 aliphatic carbocycles. The predicted octanol–water partition coefficient (Wildman–Crippen LogP) is 3.05. The molecule has 0 spiro atoms. The summed E-state index contributed by atoms with van der Waals surface area (Å²) in [6.45, 7) is 6.53. The molecule has 1 aromatic carbocycles. The zero-order valence-corrected chi connectivity index (χ0v) is 17.3. The number of halogens is 1. The van der Waals surface area contributed by atoms with Crippen molar-refractivity contribution in [1.82, 2.24) is 15.5 Å². The van der Waals surface area contributed by atoms with Crippen LogP contribution in [0.4, 0.5) is 0 Å². The van der Waals surface area contributed by atoms with Crippen LogP contribution in [-0.4, -0.2) is 55.9 Å². The highest BCUT2D eigenvalue weighted by molar-refractivity contribution is 14.0. The average molecular weight is 448 g/mol. The fourth-order valence-electron chi connectivity index (χ4n) is 2.83. The molecule has 6 heteroatoms. The van der Waals surface area contributed by atoms with Gasteiger partial charge < -0.3 is 10.6 Å². The van der Waals surface area contributed by atoms with Gasteiger partial charge in [0.1, 0.15) is 0 Å². The molecule has 2 rings (SSSR count). The van der Waals surface area contributed by atoms with Gasteiger partial charge in [0.05, 0.1) is 0 Å². The monoisotopic (exact) mass is 448 g/mol. The summed E-state index contributed by atoms with van der Waals surface area (Å²) in [4.78, 5) is 8.17. The summed E-state index contributed by atoms with van der Waals surface area (Å²) in [5.74, 6) is 1.95. The van der Waals surface area contributed by atoms with E-state index in [9.17, 15) is 0 Å². The molecule has 1 unspecified atom stereocenters. The topological polar surface area (TPSA) is 39.7 Å². The Morgan fingerprint density at radius 2 is 2.09 bits per heavy atom. The van der Waals surface area contributed by atoms with Crippen molar-refractivity contribution in [3.05, 3.63) is 30.3 Å². The molecule has 1 aliphatic rings. The number of thioether (sulfide) groups is 1. The zero-order chi connectivity index (χ0) is 15.6. The van der Waals surface area contributed by atoms with Crippen LogP contribution in [0.25, 0.3) is 0 Å². The predicted molar refractivity (Wildman–Crippen MR) is 112 cm³/mol. The number of benzene rings is 1. The Bertz CT molecular complexity index is 455. The first-order valence-electron chi connectivity index (χ1n) is 8.20. The quantitative estimate of drug-likeness (QED) is 0.221. The summed E-state index contributed by atoms with van der Waals surface area (Å²) in [7, 11) is 1.84. The summed E-state index contributed by atoms with van der Waals surface area (Å²) in [6.07, 6.45) is 2.61. The molecule has 1 aromatic rings. The van der Waals surface area contributed by atoms with E-state index in [1.54, 1.807) is 0 Å². The third kappa shape index (κ3) is 7.30. The fourth-order valence-corrected chi connectivity index (χ4v) is 3.62. The first-order chi connectivity index (χ1) is 10.8. The van der Waals surface area contributed by atoms with Gasteiger partial charge in [-0.25, -0.2) is 0 Å². The molecule has 4 nitrogen and oxygen atoms in total. The third-order valence-corrected chi connectivity index (χ3v) is 5.05. The number of likely N-dealkylation sites (N-methyl/N-ethyl adjacent to an activating group) is 1. The second kappa shape index (κ2) is 12.0. The van der Waals surface area contributed by atoms with Gasteiger partial charge in [0, 0.05) is 36.8 Å². The Labute approximate surface area is 161 Å². The molecule has 130 valence electrons. The van der Waals surface area contributed by atoms with Gasteiger partial charge in [-0.3, -0.25) is 9.89 Å². The van der Waals surface area contributed by atoms with Gasteiger partial charge in [-0.05, 0) is 38.1 Å². The Kier molecular flexibility index (Phi) is 10.7. The molecule has 23 heavy (non-hydrogen) atoms. The minimum Gasteiger partial charge on any atom is -0.356 e. The van der Waals surface area contributed by atoms with Crippen molar-refractivity contribution in [2.24, 2.45) is 4.99 Å². The van der Waals surface area contributed by atoms with E-state index in [1.807, 2.05) is 18.8 Å². The summed E-state index contributed by atoms with van der Waals surface area (Å²) in [5, 5.41) is 6.86. The number of nitrogens with one attached hydrogen (secondary N) is 2. The van der Waals surface area contributed by atoms with Gasteiger partial charge in [0.15, 0.2) is 5.96 Å². The van der Waals surface area contributed by atoms with Crippen LogP contribution < -0.4 is 10.6 Å². The summed E-state index contributed by atoms with van der Waals surface area (Å²) in [6, 6.07) is 11.2. The largest absolute Gasteiger partial charge is 0.356 e. The minimum atomic E-state index is 0. The highest BCUT2D eigenvalue weighted by Gasteiger charge is 2.22. The smallest absolute Gasteiger partial charge is 0.191 e. The van der Waals surface area contributed by atoms with Gasteiger partial charge in [-0.15, -0.1) is 35.7 Å². The molecule has 1 saturated heterocycles. The standard InChI is InChI=1S/C17H28N4S.HI/c1-3-21-12-7-8-15(21)14-20-17(18-2)19-11-13-22-16-9-5-4-6-10-16;/h4-6,9-10,15H,3,7-8,11-14H2,1-2H3,(H2,18,19,20);1H. The van der Waals surface area contributed by atoms with Gasteiger partial charge in [0.25, 0.3) is 0 Å². The third-order valence-electron chi connectivity index (χ3n) is 4.04. The molecule has 2 N–H and O–H groups in total. The Hall–Kier alpha value is -0.470. The first-order valence-corrected chi connectivity index (χ1v) is 9.18. The van der Waals surface area contributed by atoms with Crippen molar-refractivity contribution in [3.63, 3.8) is 0 Å². The van der Waals surface area contributed by atoms with Crippen LogP contribution >= 0.6 is 35.7 Å². The number of hydrogen-bond acceptors (Lipinski definition) is 3. The van der Waals surface area contributed by atoms with E-state index in [1.165, 1.54) is 24.3 Å². The molecule has 0 saturated carbocycles. The van der Waals surface area contributed by atoms with Crippen LogP contribution in [0.3, 0.4) is 0 Å². The molecule has 0 amide bonds. The lowest BCUT2D eigenvalue weighted by atomic mass is 10.2. The maximum absolute atomic E-state index is 4.31. The van der Waals surface area contributed by atoms with Gasteiger partial charge in [0.2, 0.25) is 0 Å².